The fraction of sp³-hybridized carbons (Fsp3) is 0.520. The Morgan fingerprint density at radius 2 is 1.90 bits per heavy atom. The molecule has 1 aromatic heterocycles. The summed E-state index contributed by atoms with van der Waals surface area (Å²) in [5, 5.41) is 0. The molecule has 1 aliphatic rings. The summed E-state index contributed by atoms with van der Waals surface area (Å²) in [7, 11) is 1.51. The maximum absolute atomic E-state index is 12.9. The fourth-order valence-corrected chi connectivity index (χ4v) is 4.88. The van der Waals surface area contributed by atoms with E-state index in [1.165, 1.54) is 12.7 Å². The molecule has 1 aromatic rings. The summed E-state index contributed by atoms with van der Waals surface area (Å²) in [5.41, 5.74) is 3.85. The average molecular weight is 399 g/mol. The summed E-state index contributed by atoms with van der Waals surface area (Å²) < 4.78 is 11.5. The Morgan fingerprint density at radius 3 is 2.45 bits per heavy atom. The first-order chi connectivity index (χ1) is 13.5. The van der Waals surface area contributed by atoms with Gasteiger partial charge in [0.15, 0.2) is 5.43 Å². The molecular weight excluding hydrogens is 364 g/mol. The summed E-state index contributed by atoms with van der Waals surface area (Å²) in [6, 6.07) is 0. The van der Waals surface area contributed by atoms with E-state index < -0.39 is 5.41 Å². The number of hydrogen-bond donors (Lipinski definition) is 0. The number of carbonyl (C=O) groups excluding carboxylic acids is 1. The third-order valence-corrected chi connectivity index (χ3v) is 6.06. The fourth-order valence-electron chi connectivity index (χ4n) is 4.88. The smallest absolute Gasteiger partial charge is 0.291 e. The van der Waals surface area contributed by atoms with Gasteiger partial charge in [0.05, 0.1) is 18.1 Å². The molecule has 0 saturated heterocycles. The highest BCUT2D eigenvalue weighted by Crippen LogP contribution is 2.47. The van der Waals surface area contributed by atoms with Crippen molar-refractivity contribution in [3.63, 3.8) is 0 Å². The zero-order valence-corrected chi connectivity index (χ0v) is 19.2. The summed E-state index contributed by atoms with van der Waals surface area (Å²) in [5.74, 6) is 0.918. The lowest BCUT2D eigenvalue weighted by molar-refractivity contribution is -0.120. The molecule has 0 bridgehead atoms. The number of methoxy groups -OCH3 is 1. The number of ketones is 1. The van der Waals surface area contributed by atoms with Crippen LogP contribution in [0.4, 0.5) is 0 Å². The topological polar surface area (TPSA) is 56.5 Å². The third kappa shape index (κ3) is 4.17. The molecule has 0 radical (unpaired) electrons. The molecular formula is C25H34O4. The minimum Gasteiger partial charge on any atom is -0.468 e. The maximum Gasteiger partial charge on any atom is 0.291 e. The number of carbonyl (C=O) groups is 1. The second kappa shape index (κ2) is 8.56. The van der Waals surface area contributed by atoms with Gasteiger partial charge in [-0.05, 0) is 41.5 Å². The quantitative estimate of drug-likeness (QED) is 0.585. The molecule has 0 spiro atoms. The summed E-state index contributed by atoms with van der Waals surface area (Å²) in [6.07, 6.45) is 6.90. The van der Waals surface area contributed by atoms with Crippen LogP contribution >= 0.6 is 0 Å². The first-order valence-corrected chi connectivity index (χ1v) is 10.2. The minimum atomic E-state index is -0.567. The van der Waals surface area contributed by atoms with Gasteiger partial charge in [-0.1, -0.05) is 48.8 Å². The Labute approximate surface area is 174 Å². The van der Waals surface area contributed by atoms with E-state index >= 15 is 0 Å². The van der Waals surface area contributed by atoms with Gasteiger partial charge in [0.1, 0.15) is 11.5 Å². The Kier molecular flexibility index (Phi) is 6.77. The molecule has 2 rings (SSSR count). The van der Waals surface area contributed by atoms with E-state index in [1.54, 1.807) is 6.92 Å². The Bertz CT molecular complexity index is 958. The van der Waals surface area contributed by atoms with Crippen molar-refractivity contribution in [3.05, 3.63) is 62.1 Å². The highest BCUT2D eigenvalue weighted by molar-refractivity contribution is 5.82. The lowest BCUT2D eigenvalue weighted by atomic mass is 9.64. The summed E-state index contributed by atoms with van der Waals surface area (Å²) in [4.78, 5) is 25.0. The standard InChI is InChI=1S/C25H34O4/c1-10-20(26)15(3)12-17(5)21-16(4)11-14(2)13-25(21,8)23-18(6)22(27)19(7)24(28-9)29-23/h11-13,15,21H,10H2,1-9H3/b17-12+/t15?,21-,25-/m1/s1. The van der Waals surface area contributed by atoms with E-state index in [1.807, 2.05) is 20.8 Å². The van der Waals surface area contributed by atoms with Crippen molar-refractivity contribution < 1.29 is 13.9 Å². The van der Waals surface area contributed by atoms with E-state index in [4.69, 9.17) is 9.15 Å². The van der Waals surface area contributed by atoms with Gasteiger partial charge in [-0.15, -0.1) is 0 Å². The predicted octanol–water partition coefficient (Wildman–Crippen LogP) is 5.61. The number of ether oxygens (including phenoxy) is 1. The van der Waals surface area contributed by atoms with E-state index in [-0.39, 0.29) is 29.0 Å². The van der Waals surface area contributed by atoms with Crippen molar-refractivity contribution in [3.8, 4) is 5.95 Å². The minimum absolute atomic E-state index is 0.0208. The van der Waals surface area contributed by atoms with Crippen LogP contribution in [0.2, 0.25) is 0 Å². The van der Waals surface area contributed by atoms with Gasteiger partial charge in [-0.2, -0.15) is 0 Å². The molecule has 4 heteroatoms. The molecule has 0 fully saturated rings. The Hall–Kier alpha value is -2.36. The van der Waals surface area contributed by atoms with Gasteiger partial charge in [0.25, 0.3) is 5.95 Å². The SMILES string of the molecule is CCC(=O)C(C)/C=C(\C)[C@H]1C(C)=CC(C)=C[C@@]1(C)c1oc(OC)c(C)c(=O)c1C. The van der Waals surface area contributed by atoms with Crippen LogP contribution in [-0.2, 0) is 10.2 Å². The van der Waals surface area contributed by atoms with E-state index in [9.17, 15) is 9.59 Å². The molecule has 0 aliphatic heterocycles. The molecule has 0 N–H and O–H groups in total. The van der Waals surface area contributed by atoms with Crippen LogP contribution in [0.5, 0.6) is 5.95 Å². The predicted molar refractivity (Wildman–Crippen MR) is 118 cm³/mol. The highest BCUT2D eigenvalue weighted by atomic mass is 16.6. The van der Waals surface area contributed by atoms with Gasteiger partial charge in [0.2, 0.25) is 0 Å². The van der Waals surface area contributed by atoms with Crippen molar-refractivity contribution in [2.24, 2.45) is 11.8 Å². The van der Waals surface area contributed by atoms with Gasteiger partial charge in [0, 0.05) is 23.8 Å². The third-order valence-electron chi connectivity index (χ3n) is 6.06. The van der Waals surface area contributed by atoms with Gasteiger partial charge in [-0.3, -0.25) is 9.59 Å². The lowest BCUT2D eigenvalue weighted by Crippen LogP contribution is -2.36. The van der Waals surface area contributed by atoms with Gasteiger partial charge < -0.3 is 9.15 Å². The zero-order valence-electron chi connectivity index (χ0n) is 19.2. The molecule has 29 heavy (non-hydrogen) atoms. The van der Waals surface area contributed by atoms with Crippen LogP contribution in [0.3, 0.4) is 0 Å². The van der Waals surface area contributed by atoms with E-state index in [0.29, 0.717) is 23.3 Å². The Morgan fingerprint density at radius 1 is 1.28 bits per heavy atom. The molecule has 1 aliphatic carbocycles. The summed E-state index contributed by atoms with van der Waals surface area (Å²) in [6.45, 7) is 15.7. The number of rotatable bonds is 6. The molecule has 158 valence electrons. The summed E-state index contributed by atoms with van der Waals surface area (Å²) >= 11 is 0. The highest BCUT2D eigenvalue weighted by Gasteiger charge is 2.42. The maximum atomic E-state index is 12.9. The molecule has 0 amide bonds. The zero-order chi connectivity index (χ0) is 22.1. The second-order valence-electron chi connectivity index (χ2n) is 8.51. The molecule has 0 aromatic carbocycles. The number of Topliss-reactive ketones (excluding diaryl/α,β-unsaturated/α-hetero) is 1. The van der Waals surface area contributed by atoms with Crippen molar-refractivity contribution in [2.45, 2.75) is 67.2 Å². The van der Waals surface area contributed by atoms with E-state index in [0.717, 1.165) is 11.1 Å². The van der Waals surface area contributed by atoms with Crippen LogP contribution in [0.1, 0.15) is 64.9 Å². The number of allylic oxidation sites excluding steroid dienone is 6. The van der Waals surface area contributed by atoms with Crippen LogP contribution in [0, 0.1) is 25.7 Å². The second-order valence-corrected chi connectivity index (χ2v) is 8.51. The normalized spacial score (nSPS) is 23.3. The average Bonchev–Trinajstić information content (AvgIpc) is 2.64. The van der Waals surface area contributed by atoms with Crippen molar-refractivity contribution in [1.29, 1.82) is 0 Å². The van der Waals surface area contributed by atoms with Crippen LogP contribution in [0.15, 0.2) is 44.2 Å². The molecule has 1 unspecified atom stereocenters. The van der Waals surface area contributed by atoms with Crippen LogP contribution < -0.4 is 10.2 Å². The van der Waals surface area contributed by atoms with Crippen molar-refractivity contribution >= 4 is 5.78 Å². The van der Waals surface area contributed by atoms with Crippen molar-refractivity contribution in [1.82, 2.24) is 0 Å². The first kappa shape index (κ1) is 22.9. The van der Waals surface area contributed by atoms with E-state index in [2.05, 4.69) is 45.9 Å². The molecule has 4 nitrogen and oxygen atoms in total. The first-order valence-electron chi connectivity index (χ1n) is 10.2. The van der Waals surface area contributed by atoms with Gasteiger partial charge in [-0.25, -0.2) is 0 Å². The molecule has 0 saturated carbocycles. The van der Waals surface area contributed by atoms with Crippen LogP contribution in [0.25, 0.3) is 0 Å². The molecule has 1 heterocycles. The van der Waals surface area contributed by atoms with Gasteiger partial charge >= 0.3 is 0 Å². The lowest BCUT2D eigenvalue weighted by Gasteiger charge is -2.40. The molecule has 3 atom stereocenters. The number of hydrogen-bond acceptors (Lipinski definition) is 4. The van der Waals surface area contributed by atoms with Crippen LogP contribution in [-0.4, -0.2) is 12.9 Å². The van der Waals surface area contributed by atoms with Crippen molar-refractivity contribution in [2.75, 3.05) is 7.11 Å². The Balaban J connectivity index is 2.74. The monoisotopic (exact) mass is 398 g/mol. The largest absolute Gasteiger partial charge is 0.468 e.